The molecule has 7 heteroatoms. The van der Waals surface area contributed by atoms with Crippen molar-refractivity contribution in [1.82, 2.24) is 19.4 Å². The van der Waals surface area contributed by atoms with E-state index in [1.165, 1.54) is 0 Å². The highest BCUT2D eigenvalue weighted by Gasteiger charge is 2.30. The minimum absolute atomic E-state index is 0.0823. The van der Waals surface area contributed by atoms with Crippen molar-refractivity contribution in [3.63, 3.8) is 0 Å². The largest absolute Gasteiger partial charge is 0.342 e. The minimum atomic E-state index is -0.0881. The van der Waals surface area contributed by atoms with Gasteiger partial charge in [0.25, 0.3) is 0 Å². The monoisotopic (exact) mass is 419 g/mol. The molecule has 31 heavy (non-hydrogen) atoms. The van der Waals surface area contributed by atoms with Gasteiger partial charge in [-0.05, 0) is 68.7 Å². The van der Waals surface area contributed by atoms with Crippen molar-refractivity contribution in [2.45, 2.75) is 39.3 Å². The molecule has 0 saturated carbocycles. The van der Waals surface area contributed by atoms with Gasteiger partial charge >= 0.3 is 6.03 Å². The number of nitrogens with zero attached hydrogens (tertiary/aromatic N) is 4. The Labute approximate surface area is 182 Å². The van der Waals surface area contributed by atoms with Gasteiger partial charge in [0.2, 0.25) is 5.91 Å². The molecule has 1 saturated heterocycles. The Kier molecular flexibility index (Phi) is 6.21. The molecule has 2 aromatic heterocycles. The van der Waals surface area contributed by atoms with Crippen LogP contribution < -0.4 is 5.32 Å². The van der Waals surface area contributed by atoms with Crippen molar-refractivity contribution in [1.29, 1.82) is 0 Å². The van der Waals surface area contributed by atoms with Gasteiger partial charge in [-0.15, -0.1) is 0 Å². The second-order valence-corrected chi connectivity index (χ2v) is 7.85. The number of fused-ring (bicyclic) bond motifs is 1. The van der Waals surface area contributed by atoms with E-state index in [2.05, 4.69) is 10.3 Å². The van der Waals surface area contributed by atoms with Crippen LogP contribution in [-0.2, 0) is 11.3 Å². The first kappa shape index (κ1) is 20.9. The number of carbonyl (C=O) groups is 2. The van der Waals surface area contributed by atoms with Crippen molar-refractivity contribution in [3.8, 4) is 0 Å². The second-order valence-electron chi connectivity index (χ2n) is 7.85. The average molecular weight is 420 g/mol. The van der Waals surface area contributed by atoms with Gasteiger partial charge in [0.15, 0.2) is 0 Å². The molecule has 1 aromatic carbocycles. The first-order valence-electron chi connectivity index (χ1n) is 10.9. The zero-order valence-corrected chi connectivity index (χ0v) is 18.1. The van der Waals surface area contributed by atoms with Crippen LogP contribution in [0.1, 0.15) is 38.3 Å². The number of hydrogen-bond donors (Lipinski definition) is 1. The third kappa shape index (κ3) is 4.40. The summed E-state index contributed by atoms with van der Waals surface area (Å²) in [6.45, 7) is 6.46. The maximum Gasteiger partial charge on any atom is 0.322 e. The minimum Gasteiger partial charge on any atom is -0.342 e. The van der Waals surface area contributed by atoms with Crippen LogP contribution in [0.3, 0.4) is 0 Å². The maximum absolute atomic E-state index is 13.0. The lowest BCUT2D eigenvalue weighted by atomic mass is 10.1. The van der Waals surface area contributed by atoms with Crippen LogP contribution in [0.25, 0.3) is 10.9 Å². The quantitative estimate of drug-likeness (QED) is 0.649. The number of nitrogens with one attached hydrogen (secondary N) is 1. The number of likely N-dealkylation sites (tertiary alicyclic amines) is 1. The first-order valence-corrected chi connectivity index (χ1v) is 10.9. The summed E-state index contributed by atoms with van der Waals surface area (Å²) < 4.78 is 1.96. The van der Waals surface area contributed by atoms with Crippen LogP contribution in [0.15, 0.2) is 55.0 Å². The molecule has 1 atom stereocenters. The van der Waals surface area contributed by atoms with Crippen LogP contribution >= 0.6 is 0 Å². The highest BCUT2D eigenvalue weighted by molar-refractivity contribution is 5.93. The summed E-state index contributed by atoms with van der Waals surface area (Å²) in [6.07, 6.45) is 7.42. The van der Waals surface area contributed by atoms with Crippen LogP contribution in [0.5, 0.6) is 0 Å². The summed E-state index contributed by atoms with van der Waals surface area (Å²) in [4.78, 5) is 33.2. The lowest BCUT2D eigenvalue weighted by molar-refractivity contribution is -0.131. The zero-order valence-electron chi connectivity index (χ0n) is 18.1. The summed E-state index contributed by atoms with van der Waals surface area (Å²) in [7, 11) is 0. The first-order chi connectivity index (χ1) is 15.1. The van der Waals surface area contributed by atoms with Crippen LogP contribution in [0.4, 0.5) is 10.5 Å². The molecule has 0 radical (unpaired) electrons. The Hall–Kier alpha value is -3.35. The van der Waals surface area contributed by atoms with Crippen molar-refractivity contribution >= 4 is 28.5 Å². The van der Waals surface area contributed by atoms with E-state index in [9.17, 15) is 9.59 Å². The van der Waals surface area contributed by atoms with E-state index in [1.54, 1.807) is 12.4 Å². The standard InChI is InChI=1S/C24H29N5O2/c1-3-27(4-2)23(30)17-28-15-11-19-16-20(7-8-21(19)28)26-24(31)29-14-5-6-22(29)18-9-12-25-13-10-18/h7-13,15-16,22H,3-6,14,17H2,1-2H3,(H,26,31). The van der Waals surface area contributed by atoms with E-state index >= 15 is 0 Å². The molecule has 7 nitrogen and oxygen atoms in total. The number of urea groups is 1. The number of anilines is 1. The van der Waals surface area contributed by atoms with Gasteiger partial charge in [0, 0.05) is 54.8 Å². The molecule has 0 spiro atoms. The predicted molar refractivity (Wildman–Crippen MR) is 122 cm³/mol. The molecule has 1 fully saturated rings. The van der Waals surface area contributed by atoms with Gasteiger partial charge in [-0.25, -0.2) is 4.79 Å². The molecule has 3 amide bonds. The molecule has 162 valence electrons. The van der Waals surface area contributed by atoms with E-state index in [4.69, 9.17) is 0 Å². The highest BCUT2D eigenvalue weighted by atomic mass is 16.2. The molecule has 0 aliphatic carbocycles. The third-order valence-electron chi connectivity index (χ3n) is 6.05. The molecule has 4 rings (SSSR count). The van der Waals surface area contributed by atoms with Crippen LogP contribution in [0, 0.1) is 0 Å². The van der Waals surface area contributed by atoms with E-state index in [-0.39, 0.29) is 18.0 Å². The topological polar surface area (TPSA) is 70.5 Å². The number of amides is 3. The van der Waals surface area contributed by atoms with Gasteiger partial charge in [-0.3, -0.25) is 9.78 Å². The van der Waals surface area contributed by atoms with E-state index in [1.807, 2.05) is 70.8 Å². The lowest BCUT2D eigenvalue weighted by Crippen LogP contribution is -2.34. The zero-order chi connectivity index (χ0) is 21.8. The van der Waals surface area contributed by atoms with Crippen molar-refractivity contribution in [3.05, 3.63) is 60.6 Å². The highest BCUT2D eigenvalue weighted by Crippen LogP contribution is 2.32. The SMILES string of the molecule is CCN(CC)C(=O)Cn1ccc2cc(NC(=O)N3CCCC3c3ccncc3)ccc21. The van der Waals surface area contributed by atoms with Crippen molar-refractivity contribution < 1.29 is 9.59 Å². The summed E-state index contributed by atoms with van der Waals surface area (Å²) in [5, 5.41) is 4.05. The molecule has 0 bridgehead atoms. The number of benzene rings is 1. The smallest absolute Gasteiger partial charge is 0.322 e. The van der Waals surface area contributed by atoms with E-state index in [0.717, 1.165) is 41.5 Å². The van der Waals surface area contributed by atoms with Gasteiger partial charge in [-0.1, -0.05) is 0 Å². The maximum atomic E-state index is 13.0. The van der Waals surface area contributed by atoms with Gasteiger partial charge in [0.05, 0.1) is 6.04 Å². The summed E-state index contributed by atoms with van der Waals surface area (Å²) in [6, 6.07) is 11.8. The summed E-state index contributed by atoms with van der Waals surface area (Å²) in [5.74, 6) is 0.107. The van der Waals surface area contributed by atoms with Gasteiger partial charge < -0.3 is 19.7 Å². The van der Waals surface area contributed by atoms with Gasteiger partial charge in [-0.2, -0.15) is 0 Å². The number of likely N-dealkylation sites (N-methyl/N-ethyl adjacent to an activating group) is 1. The van der Waals surface area contributed by atoms with Crippen molar-refractivity contribution in [2.75, 3.05) is 25.0 Å². The predicted octanol–water partition coefficient (Wildman–Crippen LogP) is 4.27. The molecule has 1 N–H and O–H groups in total. The Morgan fingerprint density at radius 2 is 1.90 bits per heavy atom. The molecule has 3 heterocycles. The average Bonchev–Trinajstić information content (AvgIpc) is 3.43. The second kappa shape index (κ2) is 9.20. The number of hydrogen-bond acceptors (Lipinski definition) is 3. The fraction of sp³-hybridized carbons (Fsp3) is 0.375. The molecular formula is C24H29N5O2. The molecule has 1 aliphatic rings. The summed E-state index contributed by atoms with van der Waals surface area (Å²) >= 11 is 0. The number of rotatable bonds is 6. The number of carbonyl (C=O) groups excluding carboxylic acids is 2. The summed E-state index contributed by atoms with van der Waals surface area (Å²) in [5.41, 5.74) is 2.85. The van der Waals surface area contributed by atoms with Gasteiger partial charge in [0.1, 0.15) is 6.54 Å². The van der Waals surface area contributed by atoms with Crippen LogP contribution in [-0.4, -0.2) is 50.9 Å². The Morgan fingerprint density at radius 3 is 2.65 bits per heavy atom. The van der Waals surface area contributed by atoms with Crippen LogP contribution in [0.2, 0.25) is 0 Å². The third-order valence-corrected chi connectivity index (χ3v) is 6.05. The molecule has 1 aliphatic heterocycles. The van der Waals surface area contributed by atoms with Crippen molar-refractivity contribution in [2.24, 2.45) is 0 Å². The Bertz CT molecular complexity index is 1060. The number of aromatic nitrogens is 2. The fourth-order valence-corrected chi connectivity index (χ4v) is 4.38. The number of pyridine rings is 1. The molecular weight excluding hydrogens is 390 g/mol. The normalized spacial score (nSPS) is 15.9. The van der Waals surface area contributed by atoms with E-state index in [0.29, 0.717) is 19.6 Å². The van der Waals surface area contributed by atoms with E-state index < -0.39 is 0 Å². The Balaban J connectivity index is 1.47. The lowest BCUT2D eigenvalue weighted by Gasteiger charge is -2.25. The Morgan fingerprint density at radius 1 is 1.13 bits per heavy atom. The fourth-order valence-electron chi connectivity index (χ4n) is 4.38. The molecule has 3 aromatic rings. The molecule has 1 unspecified atom stereocenters.